The fraction of sp³-hybridized carbons (Fsp3) is 0.0909. The van der Waals surface area contributed by atoms with Gasteiger partial charge < -0.3 is 4.74 Å². The van der Waals surface area contributed by atoms with E-state index in [0.717, 1.165) is 11.3 Å². The summed E-state index contributed by atoms with van der Waals surface area (Å²) in [5, 5.41) is 8.30. The summed E-state index contributed by atoms with van der Waals surface area (Å²) >= 11 is 5.94. The lowest BCUT2D eigenvalue weighted by Gasteiger charge is -2.10. The van der Waals surface area contributed by atoms with E-state index in [9.17, 15) is 0 Å². The van der Waals surface area contributed by atoms with Gasteiger partial charge in [-0.25, -0.2) is 4.68 Å². The van der Waals surface area contributed by atoms with Crippen molar-refractivity contribution < 1.29 is 4.74 Å². The summed E-state index contributed by atoms with van der Waals surface area (Å²) in [5.41, 5.74) is 1.62. The van der Waals surface area contributed by atoms with E-state index in [-0.39, 0.29) is 0 Å². The molecular formula is C11H10ClN3O. The van der Waals surface area contributed by atoms with Crippen LogP contribution in [0.1, 0.15) is 5.56 Å². The van der Waals surface area contributed by atoms with Crippen LogP contribution in [0.4, 0.5) is 0 Å². The molecule has 16 heavy (non-hydrogen) atoms. The molecule has 0 fully saturated rings. The van der Waals surface area contributed by atoms with Gasteiger partial charge in [0.15, 0.2) is 0 Å². The topological polar surface area (TPSA) is 39.9 Å². The highest BCUT2D eigenvalue weighted by Gasteiger charge is 2.09. The second-order valence-corrected chi connectivity index (χ2v) is 3.57. The molecule has 2 rings (SSSR count). The van der Waals surface area contributed by atoms with Gasteiger partial charge in [0.05, 0.1) is 25.2 Å². The molecule has 1 heterocycles. The lowest BCUT2D eigenvalue weighted by Crippen LogP contribution is -2.00. The summed E-state index contributed by atoms with van der Waals surface area (Å²) in [6.07, 6.45) is 3.35. The number of benzene rings is 1. The first kappa shape index (κ1) is 10.7. The minimum atomic E-state index is 0.535. The highest BCUT2D eigenvalue weighted by Crippen LogP contribution is 2.24. The van der Waals surface area contributed by atoms with E-state index in [2.05, 4.69) is 16.9 Å². The molecule has 0 saturated carbocycles. The first-order valence-corrected chi connectivity index (χ1v) is 4.99. The third kappa shape index (κ3) is 1.92. The van der Waals surface area contributed by atoms with Crippen LogP contribution in [-0.2, 0) is 4.74 Å². The Hall–Kier alpha value is -1.81. The third-order valence-electron chi connectivity index (χ3n) is 2.17. The highest BCUT2D eigenvalue weighted by atomic mass is 35.5. The third-order valence-corrected chi connectivity index (χ3v) is 2.41. The van der Waals surface area contributed by atoms with E-state index in [0.29, 0.717) is 10.8 Å². The smallest absolute Gasteiger partial charge is 0.121 e. The molecule has 1 aromatic heterocycles. The van der Waals surface area contributed by atoms with E-state index < -0.39 is 0 Å². The van der Waals surface area contributed by atoms with E-state index in [1.54, 1.807) is 36.3 Å². The van der Waals surface area contributed by atoms with Gasteiger partial charge in [0.25, 0.3) is 0 Å². The summed E-state index contributed by atoms with van der Waals surface area (Å²) in [6, 6.07) is 5.41. The molecular weight excluding hydrogens is 226 g/mol. The first-order valence-electron chi connectivity index (χ1n) is 4.62. The van der Waals surface area contributed by atoms with Gasteiger partial charge in [-0.15, -0.1) is 5.10 Å². The Morgan fingerprint density at radius 1 is 1.50 bits per heavy atom. The summed E-state index contributed by atoms with van der Waals surface area (Å²) in [6.45, 7) is 3.81. The fourth-order valence-corrected chi connectivity index (χ4v) is 1.55. The summed E-state index contributed by atoms with van der Waals surface area (Å²) in [7, 11) is 1.56. The van der Waals surface area contributed by atoms with Crippen LogP contribution in [0.25, 0.3) is 11.4 Å². The largest absolute Gasteiger partial charge is 0.497 e. The molecule has 0 spiro atoms. The minimum Gasteiger partial charge on any atom is -0.497 e. The van der Waals surface area contributed by atoms with Gasteiger partial charge in [0, 0.05) is 10.6 Å². The van der Waals surface area contributed by atoms with Crippen LogP contribution in [-0.4, -0.2) is 22.1 Å². The molecule has 0 atom stereocenters. The first-order chi connectivity index (χ1) is 7.72. The minimum absolute atomic E-state index is 0.535. The number of methoxy groups -OCH3 is 1. The molecule has 0 N–H and O–H groups in total. The van der Waals surface area contributed by atoms with E-state index in [1.165, 1.54) is 0 Å². The molecule has 0 aliphatic heterocycles. The molecule has 0 aliphatic carbocycles. The second kappa shape index (κ2) is 4.37. The van der Waals surface area contributed by atoms with Crippen molar-refractivity contribution in [1.29, 1.82) is 0 Å². The molecule has 1 aromatic carbocycles. The van der Waals surface area contributed by atoms with Crippen molar-refractivity contribution in [1.82, 2.24) is 15.0 Å². The summed E-state index contributed by atoms with van der Waals surface area (Å²) in [4.78, 5) is 0. The Morgan fingerprint density at radius 3 is 2.94 bits per heavy atom. The van der Waals surface area contributed by atoms with E-state index in [4.69, 9.17) is 16.3 Å². The van der Waals surface area contributed by atoms with Crippen molar-refractivity contribution in [3.63, 3.8) is 0 Å². The number of rotatable bonds is 3. The van der Waals surface area contributed by atoms with Crippen molar-refractivity contribution >= 4 is 17.4 Å². The van der Waals surface area contributed by atoms with Crippen LogP contribution in [0.2, 0.25) is 5.02 Å². The Morgan fingerprint density at radius 2 is 2.31 bits per heavy atom. The molecule has 0 aliphatic rings. The van der Waals surface area contributed by atoms with Gasteiger partial charge in [0.2, 0.25) is 0 Å². The van der Waals surface area contributed by atoms with Gasteiger partial charge in [-0.1, -0.05) is 23.4 Å². The predicted octanol–water partition coefficient (Wildman–Crippen LogP) is 2.54. The average molecular weight is 236 g/mol. The van der Waals surface area contributed by atoms with Crippen LogP contribution in [0.15, 0.2) is 37.2 Å². The van der Waals surface area contributed by atoms with Crippen LogP contribution in [0, 0.1) is 0 Å². The standard InChI is InChI=1S/C11H10ClN3O/c1-8(16-2)10-7-9(12)3-4-11(10)15-6-5-13-14-15/h3-7H,1H2,2H3. The number of nitrogens with zero attached hydrogens (tertiary/aromatic N) is 3. The maximum Gasteiger partial charge on any atom is 0.121 e. The number of aromatic nitrogens is 3. The number of hydrogen-bond donors (Lipinski definition) is 0. The summed E-state index contributed by atoms with van der Waals surface area (Å²) in [5.74, 6) is 0.535. The molecule has 0 radical (unpaired) electrons. The molecule has 5 heteroatoms. The fourth-order valence-electron chi connectivity index (χ4n) is 1.38. The number of ether oxygens (including phenoxy) is 1. The van der Waals surface area contributed by atoms with Gasteiger partial charge in [-0.2, -0.15) is 0 Å². The lowest BCUT2D eigenvalue weighted by molar-refractivity contribution is 0.371. The predicted molar refractivity (Wildman–Crippen MR) is 62.4 cm³/mol. The Balaban J connectivity index is 2.57. The van der Waals surface area contributed by atoms with Crippen LogP contribution in [0.5, 0.6) is 0 Å². The molecule has 0 unspecified atom stereocenters. The normalized spacial score (nSPS) is 10.1. The molecule has 82 valence electrons. The van der Waals surface area contributed by atoms with Crippen molar-refractivity contribution in [2.45, 2.75) is 0 Å². The number of halogens is 1. The van der Waals surface area contributed by atoms with Crippen molar-refractivity contribution in [2.24, 2.45) is 0 Å². The second-order valence-electron chi connectivity index (χ2n) is 3.14. The average Bonchev–Trinajstić information content (AvgIpc) is 2.81. The monoisotopic (exact) mass is 235 g/mol. The summed E-state index contributed by atoms with van der Waals surface area (Å²) < 4.78 is 6.75. The van der Waals surface area contributed by atoms with E-state index in [1.807, 2.05) is 6.07 Å². The Kier molecular flexibility index (Phi) is 2.92. The molecule has 0 amide bonds. The Labute approximate surface area is 98.1 Å². The van der Waals surface area contributed by atoms with Crippen molar-refractivity contribution in [3.8, 4) is 5.69 Å². The Bertz CT molecular complexity index is 508. The SMILES string of the molecule is C=C(OC)c1cc(Cl)ccc1-n1ccnn1. The maximum absolute atomic E-state index is 5.94. The van der Waals surface area contributed by atoms with Crippen LogP contribution in [0.3, 0.4) is 0 Å². The van der Waals surface area contributed by atoms with Gasteiger partial charge in [0.1, 0.15) is 5.76 Å². The van der Waals surface area contributed by atoms with Gasteiger partial charge in [-0.3, -0.25) is 0 Å². The van der Waals surface area contributed by atoms with Gasteiger partial charge >= 0.3 is 0 Å². The highest BCUT2D eigenvalue weighted by molar-refractivity contribution is 6.30. The molecule has 4 nitrogen and oxygen atoms in total. The zero-order valence-electron chi connectivity index (χ0n) is 8.72. The molecule has 0 saturated heterocycles. The zero-order chi connectivity index (χ0) is 11.5. The molecule has 0 bridgehead atoms. The quantitative estimate of drug-likeness (QED) is 0.768. The van der Waals surface area contributed by atoms with E-state index >= 15 is 0 Å². The van der Waals surface area contributed by atoms with Crippen LogP contribution >= 0.6 is 11.6 Å². The van der Waals surface area contributed by atoms with Crippen molar-refractivity contribution in [2.75, 3.05) is 7.11 Å². The zero-order valence-corrected chi connectivity index (χ0v) is 9.48. The van der Waals surface area contributed by atoms with Gasteiger partial charge in [-0.05, 0) is 18.2 Å². The van der Waals surface area contributed by atoms with Crippen LogP contribution < -0.4 is 0 Å². The number of hydrogen-bond acceptors (Lipinski definition) is 3. The molecule has 2 aromatic rings. The lowest BCUT2D eigenvalue weighted by atomic mass is 10.1. The maximum atomic E-state index is 5.94. The van der Waals surface area contributed by atoms with Crippen molar-refractivity contribution in [3.05, 3.63) is 47.8 Å².